The van der Waals surface area contributed by atoms with Gasteiger partial charge in [-0.2, -0.15) is 0 Å². The van der Waals surface area contributed by atoms with Crippen molar-refractivity contribution in [1.82, 2.24) is 5.32 Å². The van der Waals surface area contributed by atoms with Gasteiger partial charge in [-0.15, -0.1) is 0 Å². The molecule has 2 fully saturated rings. The van der Waals surface area contributed by atoms with E-state index in [0.29, 0.717) is 16.9 Å². The smallest absolute Gasteiger partial charge is 0.225 e. The van der Waals surface area contributed by atoms with Gasteiger partial charge in [0.25, 0.3) is 0 Å². The molecule has 0 spiro atoms. The van der Waals surface area contributed by atoms with Gasteiger partial charge in [-0.05, 0) is 55.7 Å². The van der Waals surface area contributed by atoms with E-state index in [4.69, 9.17) is 22.1 Å². The van der Waals surface area contributed by atoms with E-state index in [2.05, 4.69) is 5.32 Å². The van der Waals surface area contributed by atoms with Crippen molar-refractivity contribution in [2.45, 2.75) is 44.4 Å². The zero-order valence-electron chi connectivity index (χ0n) is 13.7. The Labute approximate surface area is 142 Å². The average molecular weight is 337 g/mol. The van der Waals surface area contributed by atoms with Crippen LogP contribution >= 0.6 is 11.6 Å². The number of hydrogen-bond acceptors (Lipinski definition) is 3. The Kier molecular flexibility index (Phi) is 4.95. The van der Waals surface area contributed by atoms with Crippen LogP contribution in [0.2, 0.25) is 5.02 Å². The maximum Gasteiger partial charge on any atom is 0.225 e. The van der Waals surface area contributed by atoms with Gasteiger partial charge in [-0.25, -0.2) is 0 Å². The van der Waals surface area contributed by atoms with Crippen molar-refractivity contribution in [2.24, 2.45) is 23.5 Å². The molecule has 3 N–H and O–H groups in total. The molecule has 0 radical (unpaired) electrons. The molecule has 2 bridgehead atoms. The number of nitrogens with one attached hydrogen (secondary N) is 1. The highest BCUT2D eigenvalue weighted by molar-refractivity contribution is 6.30. The molecular formula is C18H25ClN2O2. The van der Waals surface area contributed by atoms with Gasteiger partial charge in [0.15, 0.2) is 0 Å². The molecule has 0 saturated heterocycles. The fourth-order valence-corrected chi connectivity index (χ4v) is 4.53. The highest BCUT2D eigenvalue weighted by Gasteiger charge is 2.49. The molecule has 23 heavy (non-hydrogen) atoms. The molecule has 2 saturated carbocycles. The molecule has 1 amide bonds. The molecular weight excluding hydrogens is 312 g/mol. The number of methoxy groups -OCH3 is 1. The largest absolute Gasteiger partial charge is 0.375 e. The summed E-state index contributed by atoms with van der Waals surface area (Å²) in [5, 5.41) is 3.81. The van der Waals surface area contributed by atoms with Crippen LogP contribution in [0.15, 0.2) is 24.3 Å². The zero-order valence-corrected chi connectivity index (χ0v) is 14.4. The van der Waals surface area contributed by atoms with Crippen molar-refractivity contribution >= 4 is 17.5 Å². The topological polar surface area (TPSA) is 64.3 Å². The maximum absolute atomic E-state index is 12.7. The third-order valence-electron chi connectivity index (χ3n) is 5.56. The molecule has 0 heterocycles. The van der Waals surface area contributed by atoms with E-state index in [1.807, 2.05) is 31.2 Å². The van der Waals surface area contributed by atoms with Crippen LogP contribution in [0, 0.1) is 17.8 Å². The number of carbonyl (C=O) groups is 1. The van der Waals surface area contributed by atoms with Crippen LogP contribution in [0.3, 0.4) is 0 Å². The Bertz CT molecular complexity index is 561. The molecule has 126 valence electrons. The predicted octanol–water partition coefficient (Wildman–Crippen LogP) is 2.91. The lowest BCUT2D eigenvalue weighted by molar-refractivity contribution is -0.128. The van der Waals surface area contributed by atoms with Gasteiger partial charge in [-0.1, -0.05) is 23.7 Å². The van der Waals surface area contributed by atoms with Crippen molar-refractivity contribution in [3.63, 3.8) is 0 Å². The van der Waals surface area contributed by atoms with Gasteiger partial charge in [-0.3, -0.25) is 4.79 Å². The van der Waals surface area contributed by atoms with E-state index < -0.39 is 0 Å². The minimum atomic E-state index is -0.203. The Balaban J connectivity index is 1.66. The lowest BCUT2D eigenvalue weighted by atomic mass is 9.84. The summed E-state index contributed by atoms with van der Waals surface area (Å²) in [4.78, 5) is 12.7. The molecule has 2 aliphatic carbocycles. The summed E-state index contributed by atoms with van der Waals surface area (Å²) < 4.78 is 5.60. The van der Waals surface area contributed by atoms with Gasteiger partial charge in [0, 0.05) is 18.2 Å². The first-order valence-corrected chi connectivity index (χ1v) is 8.73. The van der Waals surface area contributed by atoms with Gasteiger partial charge in [0.1, 0.15) is 6.10 Å². The summed E-state index contributed by atoms with van der Waals surface area (Å²) >= 11 is 5.94. The second kappa shape index (κ2) is 6.80. The molecule has 4 nitrogen and oxygen atoms in total. The summed E-state index contributed by atoms with van der Waals surface area (Å²) in [6.07, 6.45) is 3.22. The molecule has 0 aliphatic heterocycles. The standard InChI is InChI=1S/C18H25ClN2O2/c1-10(17(23-2)11-5-7-14(19)8-6-11)21-18(22)15-12-3-4-13(9-12)16(15)20/h5-8,10,12-13,15-17H,3-4,9,20H2,1-2H3,(H,21,22). The first-order valence-electron chi connectivity index (χ1n) is 8.35. The Morgan fingerprint density at radius 3 is 2.52 bits per heavy atom. The van der Waals surface area contributed by atoms with E-state index in [1.165, 1.54) is 6.42 Å². The number of fused-ring (bicyclic) bond motifs is 2. The molecule has 1 aromatic rings. The first kappa shape index (κ1) is 16.7. The van der Waals surface area contributed by atoms with E-state index in [0.717, 1.165) is 18.4 Å². The van der Waals surface area contributed by atoms with E-state index in [1.54, 1.807) is 7.11 Å². The predicted molar refractivity (Wildman–Crippen MR) is 91.1 cm³/mol. The molecule has 0 aromatic heterocycles. The minimum Gasteiger partial charge on any atom is -0.375 e. The summed E-state index contributed by atoms with van der Waals surface area (Å²) in [6, 6.07) is 7.43. The highest BCUT2D eigenvalue weighted by atomic mass is 35.5. The summed E-state index contributed by atoms with van der Waals surface area (Å²) in [6.45, 7) is 1.97. The van der Waals surface area contributed by atoms with Crippen LogP contribution in [0.1, 0.15) is 37.9 Å². The van der Waals surface area contributed by atoms with Crippen molar-refractivity contribution in [1.29, 1.82) is 0 Å². The normalized spacial score (nSPS) is 31.8. The SMILES string of the molecule is COC(c1ccc(Cl)cc1)C(C)NC(=O)C1C2CCC(C2)C1N. The molecule has 2 aliphatic rings. The van der Waals surface area contributed by atoms with Crippen molar-refractivity contribution in [3.8, 4) is 0 Å². The second-order valence-electron chi connectivity index (χ2n) is 6.94. The van der Waals surface area contributed by atoms with Crippen LogP contribution in [0.25, 0.3) is 0 Å². The molecule has 6 unspecified atom stereocenters. The lowest BCUT2D eigenvalue weighted by Crippen LogP contribution is -2.48. The van der Waals surface area contributed by atoms with Gasteiger partial charge >= 0.3 is 0 Å². The first-order chi connectivity index (χ1) is 11.0. The minimum absolute atomic E-state index is 0.0116. The monoisotopic (exact) mass is 336 g/mol. The Morgan fingerprint density at radius 2 is 1.96 bits per heavy atom. The van der Waals surface area contributed by atoms with Gasteiger partial charge < -0.3 is 15.8 Å². The number of amides is 1. The fourth-order valence-electron chi connectivity index (χ4n) is 4.40. The Hall–Kier alpha value is -1.10. The van der Waals surface area contributed by atoms with E-state index in [-0.39, 0.29) is 30.0 Å². The number of halogens is 1. The number of benzene rings is 1. The average Bonchev–Trinajstić information content (AvgIpc) is 3.10. The van der Waals surface area contributed by atoms with Crippen LogP contribution in [-0.2, 0) is 9.53 Å². The van der Waals surface area contributed by atoms with E-state index in [9.17, 15) is 4.79 Å². The van der Waals surface area contributed by atoms with Crippen LogP contribution in [-0.4, -0.2) is 25.1 Å². The third kappa shape index (κ3) is 3.25. The fraction of sp³-hybridized carbons (Fsp3) is 0.611. The second-order valence-corrected chi connectivity index (χ2v) is 7.38. The van der Waals surface area contributed by atoms with Crippen LogP contribution < -0.4 is 11.1 Å². The van der Waals surface area contributed by atoms with Gasteiger partial charge in [0.2, 0.25) is 5.91 Å². The quantitative estimate of drug-likeness (QED) is 0.869. The number of nitrogens with two attached hydrogens (primary N) is 1. The van der Waals surface area contributed by atoms with Crippen LogP contribution in [0.4, 0.5) is 0 Å². The number of carbonyl (C=O) groups excluding carboxylic acids is 1. The zero-order chi connectivity index (χ0) is 16.6. The summed E-state index contributed by atoms with van der Waals surface area (Å²) in [5.41, 5.74) is 7.27. The summed E-state index contributed by atoms with van der Waals surface area (Å²) in [5.74, 6) is 1.02. The Morgan fingerprint density at radius 1 is 1.30 bits per heavy atom. The molecule has 1 aromatic carbocycles. The number of rotatable bonds is 5. The highest BCUT2D eigenvalue weighted by Crippen LogP contribution is 2.47. The lowest BCUT2D eigenvalue weighted by Gasteiger charge is -2.30. The maximum atomic E-state index is 12.7. The number of hydrogen-bond donors (Lipinski definition) is 2. The van der Waals surface area contributed by atoms with Gasteiger partial charge in [0.05, 0.1) is 12.0 Å². The van der Waals surface area contributed by atoms with Crippen molar-refractivity contribution in [3.05, 3.63) is 34.9 Å². The van der Waals surface area contributed by atoms with Crippen molar-refractivity contribution < 1.29 is 9.53 Å². The molecule has 6 atom stereocenters. The summed E-state index contributed by atoms with van der Waals surface area (Å²) in [7, 11) is 1.66. The van der Waals surface area contributed by atoms with E-state index >= 15 is 0 Å². The third-order valence-corrected chi connectivity index (χ3v) is 5.81. The molecule has 3 rings (SSSR count). The molecule has 5 heteroatoms. The van der Waals surface area contributed by atoms with Crippen LogP contribution in [0.5, 0.6) is 0 Å². The van der Waals surface area contributed by atoms with Crippen molar-refractivity contribution in [2.75, 3.05) is 7.11 Å². The number of ether oxygens (including phenoxy) is 1.